The molecule has 0 bridgehead atoms. The molecule has 4 aromatic carbocycles. The van der Waals surface area contributed by atoms with Crippen LogP contribution >= 0.6 is 0 Å². The van der Waals surface area contributed by atoms with Crippen molar-refractivity contribution < 1.29 is 39.5 Å². The predicted octanol–water partition coefficient (Wildman–Crippen LogP) is 5.15. The van der Waals surface area contributed by atoms with Crippen LogP contribution in [-0.4, -0.2) is 30.6 Å². The van der Waals surface area contributed by atoms with Gasteiger partial charge in [0.05, 0.1) is 10.8 Å². The summed E-state index contributed by atoms with van der Waals surface area (Å²) >= 11 is 0. The Labute approximate surface area is 224 Å². The SMILES string of the molecule is O=c1cc(-c2ccc(O)c(O)c2)oc2cc(O)ccc12.O=c1cc(-c2ccc(O)c(O)c2)oc2cc(O)ccc12. The first-order valence-electron chi connectivity index (χ1n) is 11.7. The van der Waals surface area contributed by atoms with E-state index in [1.807, 2.05) is 0 Å². The molecule has 2 aromatic heterocycles. The second-order valence-corrected chi connectivity index (χ2v) is 8.72. The van der Waals surface area contributed by atoms with Crippen LogP contribution in [0.5, 0.6) is 34.5 Å². The van der Waals surface area contributed by atoms with Crippen molar-refractivity contribution in [2.24, 2.45) is 0 Å². The predicted molar refractivity (Wildman–Crippen MR) is 146 cm³/mol. The third-order valence-corrected chi connectivity index (χ3v) is 5.95. The first-order chi connectivity index (χ1) is 19.1. The van der Waals surface area contributed by atoms with Gasteiger partial charge in [-0.05, 0) is 60.7 Å². The van der Waals surface area contributed by atoms with Gasteiger partial charge in [-0.3, -0.25) is 9.59 Å². The average molecular weight is 540 g/mol. The number of phenolic OH excluding ortho intramolecular Hbond substituents is 6. The Kier molecular flexibility index (Phi) is 6.50. The van der Waals surface area contributed by atoms with Crippen LogP contribution in [0.4, 0.5) is 0 Å². The fourth-order valence-electron chi connectivity index (χ4n) is 3.93. The van der Waals surface area contributed by atoms with Crippen LogP contribution in [0.25, 0.3) is 44.6 Å². The number of hydrogen-bond donors (Lipinski definition) is 6. The zero-order valence-corrected chi connectivity index (χ0v) is 20.4. The first-order valence-corrected chi connectivity index (χ1v) is 11.7. The van der Waals surface area contributed by atoms with Gasteiger partial charge in [0.1, 0.15) is 34.2 Å². The zero-order chi connectivity index (χ0) is 28.6. The monoisotopic (exact) mass is 540 g/mol. The van der Waals surface area contributed by atoms with Crippen LogP contribution in [0.2, 0.25) is 0 Å². The smallest absolute Gasteiger partial charge is 0.193 e. The zero-order valence-electron chi connectivity index (χ0n) is 20.4. The number of aromatic hydroxyl groups is 6. The highest BCUT2D eigenvalue weighted by atomic mass is 16.3. The molecule has 0 atom stereocenters. The largest absolute Gasteiger partial charge is 0.508 e. The lowest BCUT2D eigenvalue weighted by Gasteiger charge is -2.05. The fraction of sp³-hybridized carbons (Fsp3) is 0. The summed E-state index contributed by atoms with van der Waals surface area (Å²) in [5, 5.41) is 57.1. The maximum atomic E-state index is 12.0. The van der Waals surface area contributed by atoms with E-state index in [1.165, 1.54) is 84.9 Å². The molecule has 0 saturated heterocycles. The highest BCUT2D eigenvalue weighted by Gasteiger charge is 2.11. The lowest BCUT2D eigenvalue weighted by Crippen LogP contribution is -1.99. The maximum absolute atomic E-state index is 12.0. The Hall–Kier alpha value is -5.90. The quantitative estimate of drug-likeness (QED) is 0.161. The summed E-state index contributed by atoms with van der Waals surface area (Å²) in [4.78, 5) is 24.0. The van der Waals surface area contributed by atoms with Gasteiger partial charge < -0.3 is 39.5 Å². The van der Waals surface area contributed by atoms with Gasteiger partial charge in [-0.15, -0.1) is 0 Å². The second kappa shape index (κ2) is 10.1. The van der Waals surface area contributed by atoms with Crippen LogP contribution in [0, 0.1) is 0 Å². The van der Waals surface area contributed by atoms with Gasteiger partial charge in [-0.1, -0.05) is 0 Å². The summed E-state index contributed by atoms with van der Waals surface area (Å²) < 4.78 is 11.1. The maximum Gasteiger partial charge on any atom is 0.193 e. The minimum atomic E-state index is -0.304. The summed E-state index contributed by atoms with van der Waals surface area (Å²) in [6.45, 7) is 0. The van der Waals surface area contributed by atoms with Crippen molar-refractivity contribution in [1.29, 1.82) is 0 Å². The Morgan fingerprint density at radius 2 is 0.825 bits per heavy atom. The van der Waals surface area contributed by atoms with Gasteiger partial charge in [-0.2, -0.15) is 0 Å². The van der Waals surface area contributed by atoms with Crippen molar-refractivity contribution in [3.8, 4) is 57.1 Å². The number of rotatable bonds is 2. The Morgan fingerprint density at radius 3 is 1.20 bits per heavy atom. The van der Waals surface area contributed by atoms with Gasteiger partial charge in [0.25, 0.3) is 0 Å². The van der Waals surface area contributed by atoms with Crippen molar-refractivity contribution in [2.75, 3.05) is 0 Å². The standard InChI is InChI=1S/2C15H10O5/c2*16-9-2-3-10-12(18)7-14(20-15(10)6-9)8-1-4-11(17)13(19)5-8/h2*1-7,16-17,19H. The summed E-state index contributed by atoms with van der Waals surface area (Å²) in [7, 11) is 0. The minimum absolute atomic E-state index is 0.00801. The van der Waals surface area contributed by atoms with Gasteiger partial charge in [0.15, 0.2) is 33.9 Å². The summed E-state index contributed by atoms with van der Waals surface area (Å²) in [6.07, 6.45) is 0. The lowest BCUT2D eigenvalue weighted by molar-refractivity contribution is 0.404. The van der Waals surface area contributed by atoms with Crippen LogP contribution in [0.15, 0.2) is 103 Å². The molecule has 200 valence electrons. The number of fused-ring (bicyclic) bond motifs is 2. The molecule has 6 aromatic rings. The van der Waals surface area contributed by atoms with E-state index in [2.05, 4.69) is 0 Å². The van der Waals surface area contributed by atoms with E-state index in [0.29, 0.717) is 21.9 Å². The molecule has 0 aliphatic heterocycles. The van der Waals surface area contributed by atoms with Gasteiger partial charge in [0, 0.05) is 35.4 Å². The molecule has 40 heavy (non-hydrogen) atoms. The molecule has 6 rings (SSSR count). The third kappa shape index (κ3) is 5.09. The average Bonchev–Trinajstić information content (AvgIpc) is 2.91. The molecule has 0 unspecified atom stereocenters. The summed E-state index contributed by atoms with van der Waals surface area (Å²) in [5.74, 6) is -0.657. The highest BCUT2D eigenvalue weighted by molar-refractivity contribution is 5.81. The first kappa shape index (κ1) is 25.7. The van der Waals surface area contributed by atoms with E-state index in [0.717, 1.165) is 0 Å². The molecular weight excluding hydrogens is 520 g/mol. The van der Waals surface area contributed by atoms with E-state index >= 15 is 0 Å². The van der Waals surface area contributed by atoms with Gasteiger partial charge in [0.2, 0.25) is 0 Å². The molecule has 0 aliphatic rings. The molecule has 10 heteroatoms. The molecule has 0 spiro atoms. The molecule has 0 amide bonds. The van der Waals surface area contributed by atoms with Crippen molar-refractivity contribution in [1.82, 2.24) is 0 Å². The van der Waals surface area contributed by atoms with Crippen LogP contribution in [-0.2, 0) is 0 Å². The molecule has 0 saturated carbocycles. The van der Waals surface area contributed by atoms with Gasteiger partial charge >= 0.3 is 0 Å². The van der Waals surface area contributed by atoms with E-state index in [4.69, 9.17) is 8.83 Å². The van der Waals surface area contributed by atoms with Crippen LogP contribution in [0.3, 0.4) is 0 Å². The van der Waals surface area contributed by atoms with Crippen molar-refractivity contribution in [3.05, 3.63) is 105 Å². The summed E-state index contributed by atoms with van der Waals surface area (Å²) in [5.41, 5.74) is 0.882. The molecule has 10 nitrogen and oxygen atoms in total. The van der Waals surface area contributed by atoms with Crippen LogP contribution < -0.4 is 10.9 Å². The Bertz CT molecular complexity index is 1870. The van der Waals surface area contributed by atoms with Crippen molar-refractivity contribution >= 4 is 21.9 Å². The van der Waals surface area contributed by atoms with Gasteiger partial charge in [-0.25, -0.2) is 0 Å². The van der Waals surface area contributed by atoms with E-state index < -0.39 is 0 Å². The fourth-order valence-corrected chi connectivity index (χ4v) is 3.93. The van der Waals surface area contributed by atoms with Crippen molar-refractivity contribution in [2.45, 2.75) is 0 Å². The second-order valence-electron chi connectivity index (χ2n) is 8.72. The van der Waals surface area contributed by atoms with E-state index in [9.17, 15) is 40.2 Å². The highest BCUT2D eigenvalue weighted by Crippen LogP contribution is 2.33. The van der Waals surface area contributed by atoms with E-state index in [1.54, 1.807) is 0 Å². The van der Waals surface area contributed by atoms with Crippen molar-refractivity contribution in [3.63, 3.8) is 0 Å². The Balaban J connectivity index is 0.000000161. The lowest BCUT2D eigenvalue weighted by atomic mass is 10.1. The number of phenols is 6. The van der Waals surface area contributed by atoms with Crippen LogP contribution in [0.1, 0.15) is 0 Å². The molecule has 6 N–H and O–H groups in total. The Morgan fingerprint density at radius 1 is 0.425 bits per heavy atom. The molecule has 0 fully saturated rings. The topological polar surface area (TPSA) is 182 Å². The molecule has 0 aliphatic carbocycles. The normalized spacial score (nSPS) is 10.8. The molecule has 0 radical (unpaired) electrons. The minimum Gasteiger partial charge on any atom is -0.508 e. The molecule has 2 heterocycles. The number of hydrogen-bond acceptors (Lipinski definition) is 10. The number of benzene rings is 4. The summed E-state index contributed by atoms with van der Waals surface area (Å²) in [6, 6.07) is 19.3. The third-order valence-electron chi connectivity index (χ3n) is 5.95. The van der Waals surface area contributed by atoms with E-state index in [-0.39, 0.29) is 68.0 Å². The molecular formula is C30H20O10.